The number of unbranched alkanes of at least 4 members (excludes halogenated alkanes) is 1. The van der Waals surface area contributed by atoms with E-state index in [4.69, 9.17) is 5.41 Å². The van der Waals surface area contributed by atoms with Gasteiger partial charge in [-0.25, -0.2) is 26.8 Å². The van der Waals surface area contributed by atoms with Crippen molar-refractivity contribution in [2.24, 2.45) is 14.1 Å². The number of likely N-dealkylation sites (tertiary alicyclic amines) is 1. The minimum atomic E-state index is -5.01. The minimum Gasteiger partial charge on any atom is -0.372 e. The lowest BCUT2D eigenvalue weighted by Crippen LogP contribution is -2.56. The molecule has 1 fully saturated rings. The fourth-order valence-corrected chi connectivity index (χ4v) is 12.9. The van der Waals surface area contributed by atoms with Crippen molar-refractivity contribution in [1.82, 2.24) is 34.7 Å². The third-order valence-electron chi connectivity index (χ3n) is 15.0. The predicted octanol–water partition coefficient (Wildman–Crippen LogP) is 4.87. The van der Waals surface area contributed by atoms with Crippen LogP contribution in [0.3, 0.4) is 0 Å². The first-order valence-electron chi connectivity index (χ1n) is 27.8. The number of nitrogens with zero attached hydrogens (tertiary/aromatic N) is 6. The molecule has 1 aliphatic carbocycles. The normalized spacial score (nSPS) is 14.9. The maximum absolute atomic E-state index is 14.5. The third-order valence-corrected chi connectivity index (χ3v) is 18.3. The molecule has 2 aliphatic rings. The molecule has 2 aromatic heterocycles. The number of carbonyl (C=O) groups is 3. The molecule has 81 heavy (non-hydrogen) atoms. The van der Waals surface area contributed by atoms with Crippen LogP contribution in [-0.4, -0.2) is 134 Å². The number of aromatic nitrogens is 3. The summed E-state index contributed by atoms with van der Waals surface area (Å²) in [6, 6.07) is 19.1. The smallest absolute Gasteiger partial charge is 0.295 e. The molecule has 3 amide bonds. The second kappa shape index (κ2) is 28.2. The lowest BCUT2D eigenvalue weighted by Gasteiger charge is -2.31. The molecule has 1 aliphatic heterocycles. The van der Waals surface area contributed by atoms with Gasteiger partial charge in [0.15, 0.2) is 10.5 Å². The zero-order valence-electron chi connectivity index (χ0n) is 47.5. The Bertz CT molecular complexity index is 3420. The number of hydrogen-bond acceptors (Lipinski definition) is 11. The molecule has 3 heterocycles. The van der Waals surface area contributed by atoms with Crippen molar-refractivity contribution in [2.45, 2.75) is 107 Å². The second-order valence-electron chi connectivity index (χ2n) is 20.6. The molecular formula is C59H79N11O8S3+2. The van der Waals surface area contributed by atoms with E-state index in [9.17, 15) is 35.8 Å². The van der Waals surface area contributed by atoms with E-state index < -0.39 is 48.9 Å². The van der Waals surface area contributed by atoms with Gasteiger partial charge >= 0.3 is 0 Å². The summed E-state index contributed by atoms with van der Waals surface area (Å²) in [6.07, 6.45) is 13.6. The molecule has 19 nitrogen and oxygen atoms in total. The number of aryl methyl sites for hydroxylation is 1. The van der Waals surface area contributed by atoms with E-state index in [1.807, 2.05) is 115 Å². The summed E-state index contributed by atoms with van der Waals surface area (Å²) >= 11 is 1.17. The monoisotopic (exact) mass is 1170 g/mol. The SMILES string of the molecule is CCN(CC)c1ccc(C(=C2C=CC(=[N+](CC)CC)C=C2)c2ccc(S(=O)(=O)NCCCC[C@H](NC(=O)Cc3csc(=N)n3C)C(=O)N[C@@H](Cc3c[n+](Cc4ccccc4)cn3C)C(=O)NC3CCN(C)CC3)cc2S(=O)(=O)O)cc1. The van der Waals surface area contributed by atoms with Crippen LogP contribution in [0.25, 0.3) is 5.57 Å². The summed E-state index contributed by atoms with van der Waals surface area (Å²) in [4.78, 5) is 46.2. The van der Waals surface area contributed by atoms with E-state index in [1.54, 1.807) is 17.0 Å². The molecule has 0 unspecified atom stereocenters. The summed E-state index contributed by atoms with van der Waals surface area (Å²) in [5, 5.41) is 18.9. The molecule has 0 spiro atoms. The van der Waals surface area contributed by atoms with Gasteiger partial charge in [0.25, 0.3) is 10.1 Å². The Balaban J connectivity index is 1.11. The van der Waals surface area contributed by atoms with E-state index in [0.29, 0.717) is 28.9 Å². The Hall–Kier alpha value is -6.82. The standard InChI is InChI=1S/C59H77N11O8S3/c1-8-69(9-2)46-24-20-43(21-25-46)56(44-22-26-47(27-23-44)70(10-3)11-4)51-29-28-50(37-54(51)81(76,77)78)80(74,75)61-32-16-15-19-52(63-55(71)36-49-40-79-59(60)67(49)7)57(72)64-53(58(73)62-45-30-33-65(5)34-31-45)35-48-39-68(41-66(48)6)38-42-17-13-12-14-18-42/h12-14,17-18,20-29,37,39-41,45,52-53,60-61H,8-11,15-16,19,30-36,38H2,1-7H3,(H2-2,62,63,64,71,72,73,76,77,78)/p+2/t52-,53-/m0/s1. The summed E-state index contributed by atoms with van der Waals surface area (Å²) in [6.45, 7) is 13.4. The predicted molar refractivity (Wildman–Crippen MR) is 316 cm³/mol. The fourth-order valence-electron chi connectivity index (χ4n) is 10.3. The highest BCUT2D eigenvalue weighted by atomic mass is 32.2. The fraction of sp³-hybridized carbons (Fsp3) is 0.424. The number of imidazole rings is 1. The average Bonchev–Trinajstić information content (AvgIpc) is 4.14. The molecule has 3 aromatic carbocycles. The van der Waals surface area contributed by atoms with Gasteiger partial charge in [-0.1, -0.05) is 48.5 Å². The Kier molecular flexibility index (Phi) is 21.5. The van der Waals surface area contributed by atoms with E-state index in [-0.39, 0.29) is 65.9 Å². The van der Waals surface area contributed by atoms with Crippen LogP contribution < -0.4 is 34.9 Å². The number of carbonyl (C=O) groups excluding carboxylic acids is 3. The van der Waals surface area contributed by atoms with Crippen LogP contribution in [-0.2, 0) is 68.0 Å². The van der Waals surface area contributed by atoms with Crippen LogP contribution in [0.5, 0.6) is 0 Å². The highest BCUT2D eigenvalue weighted by molar-refractivity contribution is 7.89. The number of anilines is 1. The highest BCUT2D eigenvalue weighted by Gasteiger charge is 2.32. The lowest BCUT2D eigenvalue weighted by molar-refractivity contribution is -0.688. The minimum absolute atomic E-state index is 0.0648. The van der Waals surface area contributed by atoms with Gasteiger partial charge in [0, 0.05) is 73.6 Å². The number of nitrogens with one attached hydrogen (secondary N) is 5. The van der Waals surface area contributed by atoms with Crippen molar-refractivity contribution in [3.05, 3.63) is 153 Å². The van der Waals surface area contributed by atoms with Crippen molar-refractivity contribution >= 4 is 66.2 Å². The van der Waals surface area contributed by atoms with Crippen LogP contribution in [0.1, 0.15) is 87.9 Å². The third kappa shape index (κ3) is 16.4. The first kappa shape index (κ1) is 61.8. The summed E-state index contributed by atoms with van der Waals surface area (Å²) in [5.41, 5.74) is 6.30. The van der Waals surface area contributed by atoms with E-state index in [1.165, 1.54) is 23.5 Å². The Morgan fingerprint density at radius 3 is 2.14 bits per heavy atom. The van der Waals surface area contributed by atoms with E-state index in [2.05, 4.69) is 62.7 Å². The number of rotatable bonds is 26. The Morgan fingerprint density at radius 2 is 1.52 bits per heavy atom. The summed E-state index contributed by atoms with van der Waals surface area (Å²) in [5.74, 6) is -1.43. The number of piperidine rings is 1. The maximum atomic E-state index is 14.5. The molecular weight excluding hydrogens is 1090 g/mol. The zero-order valence-corrected chi connectivity index (χ0v) is 50.0. The molecule has 22 heteroatoms. The molecule has 2 atom stereocenters. The number of amides is 3. The van der Waals surface area contributed by atoms with Crippen LogP contribution in [0.15, 0.2) is 130 Å². The molecule has 434 valence electrons. The maximum Gasteiger partial charge on any atom is 0.295 e. The van der Waals surface area contributed by atoms with Gasteiger partial charge in [-0.3, -0.25) is 24.3 Å². The number of sulfonamides is 1. The Labute approximate surface area is 481 Å². The van der Waals surface area contributed by atoms with Crippen molar-refractivity contribution in [3.8, 4) is 0 Å². The summed E-state index contributed by atoms with van der Waals surface area (Å²) < 4.78 is 75.8. The van der Waals surface area contributed by atoms with Crippen LogP contribution >= 0.6 is 11.3 Å². The van der Waals surface area contributed by atoms with Crippen molar-refractivity contribution in [2.75, 3.05) is 57.8 Å². The molecule has 0 bridgehead atoms. The molecule has 5 aromatic rings. The van der Waals surface area contributed by atoms with Crippen LogP contribution in [0, 0.1) is 5.41 Å². The van der Waals surface area contributed by atoms with Gasteiger partial charge in [0.2, 0.25) is 34.1 Å². The number of thiazole rings is 1. The van der Waals surface area contributed by atoms with Crippen LogP contribution in [0.2, 0.25) is 0 Å². The van der Waals surface area contributed by atoms with Crippen molar-refractivity contribution < 1.29 is 44.9 Å². The number of hydrogen-bond donors (Lipinski definition) is 6. The zero-order chi connectivity index (χ0) is 58.4. The van der Waals surface area contributed by atoms with Crippen molar-refractivity contribution in [1.29, 1.82) is 5.41 Å². The van der Waals surface area contributed by atoms with E-state index in [0.717, 1.165) is 80.8 Å². The quantitative estimate of drug-likeness (QED) is 0.0250. The van der Waals surface area contributed by atoms with Crippen LogP contribution in [0.4, 0.5) is 5.69 Å². The van der Waals surface area contributed by atoms with Crippen molar-refractivity contribution in [3.63, 3.8) is 0 Å². The molecule has 0 saturated carbocycles. The molecule has 1 saturated heterocycles. The molecule has 6 N–H and O–H groups in total. The van der Waals surface area contributed by atoms with Gasteiger partial charge in [-0.2, -0.15) is 8.42 Å². The first-order valence-corrected chi connectivity index (χ1v) is 31.6. The molecule has 0 radical (unpaired) electrons. The largest absolute Gasteiger partial charge is 0.372 e. The number of allylic oxidation sites excluding steroid dienone is 5. The first-order chi connectivity index (χ1) is 38.7. The highest BCUT2D eigenvalue weighted by Crippen LogP contribution is 2.36. The molecule has 7 rings (SSSR count). The van der Waals surface area contributed by atoms with Gasteiger partial charge < -0.3 is 30.3 Å². The topological polar surface area (TPSA) is 235 Å². The van der Waals surface area contributed by atoms with Gasteiger partial charge in [0.05, 0.1) is 18.4 Å². The lowest BCUT2D eigenvalue weighted by atomic mass is 9.90. The Morgan fingerprint density at radius 1 is 0.840 bits per heavy atom. The second-order valence-corrected chi connectivity index (χ2v) is 24.6. The summed E-state index contributed by atoms with van der Waals surface area (Å²) in [7, 11) is -3.79. The van der Waals surface area contributed by atoms with E-state index >= 15 is 0 Å². The number of benzene rings is 3. The average molecular weight is 1170 g/mol. The van der Waals surface area contributed by atoms with Gasteiger partial charge in [0.1, 0.15) is 48.5 Å². The van der Waals surface area contributed by atoms with Gasteiger partial charge in [-0.05, 0) is 139 Å². The van der Waals surface area contributed by atoms with Gasteiger partial charge in [-0.15, -0.1) is 11.3 Å².